The first kappa shape index (κ1) is 34.3. The van der Waals surface area contributed by atoms with Crippen LogP contribution in [0.5, 0.6) is 11.5 Å². The minimum Gasteiger partial charge on any atom is -0.497 e. The highest BCUT2D eigenvalue weighted by Crippen LogP contribution is 2.35. The van der Waals surface area contributed by atoms with Gasteiger partial charge in [0.2, 0.25) is 0 Å². The number of benzene rings is 2. The Hall–Kier alpha value is -4.22. The van der Waals surface area contributed by atoms with E-state index in [1.165, 1.54) is 29.8 Å². The summed E-state index contributed by atoms with van der Waals surface area (Å²) in [6.45, 7) is 3.57. The predicted molar refractivity (Wildman–Crippen MR) is 167 cm³/mol. The molecule has 0 atom stereocenters. The molecule has 2 N–H and O–H groups in total. The molecular formula is C33H39NO9S. The van der Waals surface area contributed by atoms with Crippen molar-refractivity contribution < 1.29 is 41.9 Å². The van der Waals surface area contributed by atoms with E-state index in [0.717, 1.165) is 56.8 Å². The summed E-state index contributed by atoms with van der Waals surface area (Å²) >= 11 is 0. The van der Waals surface area contributed by atoms with Gasteiger partial charge in [0.25, 0.3) is 10.1 Å². The van der Waals surface area contributed by atoms with Crippen LogP contribution in [-0.2, 0) is 26.1 Å². The molecular weight excluding hydrogens is 586 g/mol. The Bertz CT molecular complexity index is 1560. The summed E-state index contributed by atoms with van der Waals surface area (Å²) in [5.74, 6) is -0.938. The highest BCUT2D eigenvalue weighted by atomic mass is 32.2. The van der Waals surface area contributed by atoms with Gasteiger partial charge in [0.05, 0.1) is 31.6 Å². The lowest BCUT2D eigenvalue weighted by Gasteiger charge is -2.16. The molecule has 3 aromatic rings. The van der Waals surface area contributed by atoms with Crippen LogP contribution < -0.4 is 9.47 Å². The monoisotopic (exact) mass is 625 g/mol. The fraction of sp³-hybridized carbons (Fsp3) is 0.364. The van der Waals surface area contributed by atoms with Crippen LogP contribution in [0.15, 0.2) is 59.5 Å². The molecule has 2 aromatic carbocycles. The molecule has 0 saturated carbocycles. The number of aliphatic carboxylic acids is 1. The molecule has 0 saturated heterocycles. The summed E-state index contributed by atoms with van der Waals surface area (Å²) in [6.07, 6.45) is 9.34. The third-order valence-electron chi connectivity index (χ3n) is 6.92. The Morgan fingerprint density at radius 3 is 2.25 bits per heavy atom. The highest BCUT2D eigenvalue weighted by Gasteiger charge is 2.28. The van der Waals surface area contributed by atoms with Crippen molar-refractivity contribution >= 4 is 28.1 Å². The van der Waals surface area contributed by atoms with Gasteiger partial charge in [-0.1, -0.05) is 43.9 Å². The minimum absolute atomic E-state index is 0.00145. The van der Waals surface area contributed by atoms with Gasteiger partial charge in [-0.15, -0.1) is 0 Å². The van der Waals surface area contributed by atoms with E-state index in [-0.39, 0.29) is 29.1 Å². The van der Waals surface area contributed by atoms with Gasteiger partial charge >= 0.3 is 11.9 Å². The third-order valence-corrected chi connectivity index (χ3v) is 7.86. The van der Waals surface area contributed by atoms with E-state index < -0.39 is 27.0 Å². The number of aryl methyl sites for hydroxylation is 2. The van der Waals surface area contributed by atoms with Crippen LogP contribution in [0.4, 0.5) is 0 Å². The number of aromatic nitrogens is 1. The van der Waals surface area contributed by atoms with Crippen LogP contribution >= 0.6 is 0 Å². The molecule has 11 heteroatoms. The molecule has 0 bridgehead atoms. The maximum atomic E-state index is 12.5. The SMILES string of the molecule is CCOC(=O)c1ccc(C)c(-c2ccc(OCCCCCCCCc3ccc(OC)cc3)c(/C=C/C(=O)O)n2)c1S(=O)(=O)O. The van der Waals surface area contributed by atoms with Gasteiger partial charge in [0, 0.05) is 11.6 Å². The molecule has 0 fully saturated rings. The first-order valence-electron chi connectivity index (χ1n) is 14.5. The Labute approximate surface area is 258 Å². The molecule has 0 spiro atoms. The van der Waals surface area contributed by atoms with Crippen LogP contribution in [0, 0.1) is 6.92 Å². The molecule has 1 aromatic heterocycles. The Morgan fingerprint density at radius 1 is 0.932 bits per heavy atom. The van der Waals surface area contributed by atoms with Crippen LogP contribution in [0.25, 0.3) is 17.3 Å². The smallest absolute Gasteiger partial charge is 0.339 e. The van der Waals surface area contributed by atoms with Crippen molar-refractivity contribution in [3.05, 3.63) is 77.0 Å². The molecule has 3 rings (SSSR count). The number of pyridine rings is 1. The predicted octanol–water partition coefficient (Wildman–Crippen LogP) is 6.55. The number of hydrogen-bond donors (Lipinski definition) is 2. The topological polar surface area (TPSA) is 149 Å². The molecule has 0 amide bonds. The van der Waals surface area contributed by atoms with E-state index in [2.05, 4.69) is 17.1 Å². The van der Waals surface area contributed by atoms with Gasteiger partial charge < -0.3 is 19.3 Å². The second-order valence-electron chi connectivity index (χ2n) is 10.1. The van der Waals surface area contributed by atoms with Crippen molar-refractivity contribution in [1.29, 1.82) is 0 Å². The summed E-state index contributed by atoms with van der Waals surface area (Å²) in [7, 11) is -3.23. The quantitative estimate of drug-likeness (QED) is 0.0732. The molecule has 1 heterocycles. The molecule has 0 aliphatic rings. The normalized spacial score (nSPS) is 11.5. The maximum Gasteiger partial charge on any atom is 0.339 e. The Kier molecular flexibility index (Phi) is 12.9. The number of ether oxygens (including phenoxy) is 3. The number of rotatable bonds is 17. The van der Waals surface area contributed by atoms with E-state index >= 15 is 0 Å². The van der Waals surface area contributed by atoms with Gasteiger partial charge in [-0.05, 0) is 80.6 Å². The molecule has 44 heavy (non-hydrogen) atoms. The van der Waals surface area contributed by atoms with Crippen LogP contribution in [-0.4, -0.2) is 55.3 Å². The van der Waals surface area contributed by atoms with Crippen molar-refractivity contribution in [2.24, 2.45) is 0 Å². The summed E-state index contributed by atoms with van der Waals surface area (Å²) in [5.41, 5.74) is 1.65. The number of methoxy groups -OCH3 is 1. The fourth-order valence-corrected chi connectivity index (χ4v) is 5.70. The Morgan fingerprint density at radius 2 is 1.61 bits per heavy atom. The van der Waals surface area contributed by atoms with E-state index in [4.69, 9.17) is 14.2 Å². The fourth-order valence-electron chi connectivity index (χ4n) is 4.74. The van der Waals surface area contributed by atoms with Crippen LogP contribution in [0.3, 0.4) is 0 Å². The number of carboxylic acids is 1. The lowest BCUT2D eigenvalue weighted by Crippen LogP contribution is -2.14. The molecule has 0 radical (unpaired) electrons. The van der Waals surface area contributed by atoms with Gasteiger partial charge in [0.1, 0.15) is 22.1 Å². The van der Waals surface area contributed by atoms with Gasteiger partial charge in [-0.2, -0.15) is 8.42 Å². The second kappa shape index (κ2) is 16.6. The van der Waals surface area contributed by atoms with E-state index in [0.29, 0.717) is 17.9 Å². The van der Waals surface area contributed by atoms with Crippen molar-refractivity contribution in [3.63, 3.8) is 0 Å². The lowest BCUT2D eigenvalue weighted by molar-refractivity contribution is -0.131. The minimum atomic E-state index is -4.88. The largest absolute Gasteiger partial charge is 0.497 e. The van der Waals surface area contributed by atoms with E-state index in [9.17, 15) is 27.7 Å². The van der Waals surface area contributed by atoms with Gasteiger partial charge in [0.15, 0.2) is 0 Å². The molecule has 0 aliphatic heterocycles. The molecule has 10 nitrogen and oxygen atoms in total. The number of unbranched alkanes of at least 4 members (excludes halogenated alkanes) is 5. The average Bonchev–Trinajstić information content (AvgIpc) is 2.99. The molecule has 0 unspecified atom stereocenters. The molecule has 236 valence electrons. The Balaban J connectivity index is 1.67. The summed E-state index contributed by atoms with van der Waals surface area (Å²) in [6, 6.07) is 14.0. The maximum absolute atomic E-state index is 12.5. The van der Waals surface area contributed by atoms with Crippen molar-refractivity contribution in [1.82, 2.24) is 4.98 Å². The van der Waals surface area contributed by atoms with Crippen molar-refractivity contribution in [3.8, 4) is 22.8 Å². The highest BCUT2D eigenvalue weighted by molar-refractivity contribution is 7.86. The first-order valence-corrected chi connectivity index (χ1v) is 16.0. The summed E-state index contributed by atoms with van der Waals surface area (Å²) < 4.78 is 51.1. The second-order valence-corrected chi connectivity index (χ2v) is 11.5. The van der Waals surface area contributed by atoms with E-state index in [1.807, 2.05) is 12.1 Å². The zero-order chi connectivity index (χ0) is 32.1. The van der Waals surface area contributed by atoms with Crippen LogP contribution in [0.2, 0.25) is 0 Å². The van der Waals surface area contributed by atoms with Gasteiger partial charge in [-0.25, -0.2) is 14.6 Å². The summed E-state index contributed by atoms with van der Waals surface area (Å²) in [5, 5.41) is 9.19. The number of hydrogen-bond acceptors (Lipinski definition) is 8. The van der Waals surface area contributed by atoms with Crippen molar-refractivity contribution in [2.75, 3.05) is 20.3 Å². The van der Waals surface area contributed by atoms with Gasteiger partial charge in [-0.3, -0.25) is 4.55 Å². The zero-order valence-electron chi connectivity index (χ0n) is 25.2. The lowest BCUT2D eigenvalue weighted by atomic mass is 10.0. The zero-order valence-corrected chi connectivity index (χ0v) is 26.1. The first-order chi connectivity index (χ1) is 21.0. The molecule has 0 aliphatic carbocycles. The average molecular weight is 626 g/mol. The number of nitrogens with zero attached hydrogens (tertiary/aromatic N) is 1. The third kappa shape index (κ3) is 9.92. The number of carboxylic acid groups (broad SMARTS) is 1. The number of carbonyl (C=O) groups excluding carboxylic acids is 1. The van der Waals surface area contributed by atoms with E-state index in [1.54, 1.807) is 27.0 Å². The number of esters is 1. The van der Waals surface area contributed by atoms with Crippen LogP contribution in [0.1, 0.15) is 72.6 Å². The number of carbonyl (C=O) groups is 2. The standard InChI is InChI=1S/C33H39NO9S/c1-4-42-33(37)26-17-12-23(2)31(32(26)44(38,39)40)28-18-20-29(27(34-28)19-21-30(35)36)43-22-10-8-6-5-7-9-11-24-13-15-25(41-3)16-14-24/h12-21H,4-11,22H2,1-3H3,(H,35,36)(H,38,39,40)/b21-19+. The summed E-state index contributed by atoms with van der Waals surface area (Å²) in [4.78, 5) is 27.6. The van der Waals surface area contributed by atoms with Crippen molar-refractivity contribution in [2.45, 2.75) is 63.7 Å².